The number of hydrogen-bond donors (Lipinski definition) is 4. The van der Waals surface area contributed by atoms with Gasteiger partial charge in [-0.15, -0.1) is 0 Å². The monoisotopic (exact) mass is 624 g/mol. The highest BCUT2D eigenvalue weighted by molar-refractivity contribution is 5.85. The number of aliphatic imine (C=N–C) groups is 1. The summed E-state index contributed by atoms with van der Waals surface area (Å²) in [6, 6.07) is 3.90. The molecule has 4 saturated carbocycles. The molecular weight excluding hydrogens is 576 g/mol. The lowest BCUT2D eigenvalue weighted by Crippen LogP contribution is -2.69. The normalized spacial score (nSPS) is 48.0. The minimum atomic E-state index is -1.09. The number of ether oxygens (including phenoxy) is 3. The quantitative estimate of drug-likeness (QED) is 0.212. The third-order valence-corrected chi connectivity index (χ3v) is 13.0. The number of aliphatic hydroxyl groups excluding tert-OH is 2. The van der Waals surface area contributed by atoms with Crippen LogP contribution >= 0.6 is 0 Å². The number of aliphatic hydroxyl groups is 4. The number of carbonyl (C=O) groups is 1. The number of carbonyl (C=O) groups excluding carboxylic acids is 1. The fourth-order valence-electron chi connectivity index (χ4n) is 10.6. The van der Waals surface area contributed by atoms with E-state index in [4.69, 9.17) is 19.2 Å². The van der Waals surface area contributed by atoms with Crippen LogP contribution in [-0.4, -0.2) is 86.1 Å². The number of nitrogens with zero attached hydrogens (tertiary/aromatic N) is 2. The molecule has 0 radical (unpaired) electrons. The molecule has 0 spiro atoms. The summed E-state index contributed by atoms with van der Waals surface area (Å²) in [5, 5.41) is 45.9. The van der Waals surface area contributed by atoms with Crippen LogP contribution in [0.1, 0.15) is 83.6 Å². The van der Waals surface area contributed by atoms with Gasteiger partial charge in [0.2, 0.25) is 0 Å². The van der Waals surface area contributed by atoms with Gasteiger partial charge in [0.25, 0.3) is 0 Å². The molecule has 2 aliphatic heterocycles. The second-order valence-corrected chi connectivity index (χ2v) is 15.0. The van der Waals surface area contributed by atoms with Crippen LogP contribution in [0.2, 0.25) is 0 Å². The number of cyclic esters (lactones) is 1. The average Bonchev–Trinajstić information content (AvgIpc) is 3.56. The van der Waals surface area contributed by atoms with Crippen LogP contribution in [0.5, 0.6) is 0 Å². The number of esters is 1. The van der Waals surface area contributed by atoms with Gasteiger partial charge < -0.3 is 34.6 Å². The Kier molecular flexibility index (Phi) is 8.02. The molecule has 0 unspecified atom stereocenters. The van der Waals surface area contributed by atoms with Crippen molar-refractivity contribution in [2.45, 2.75) is 127 Å². The first-order chi connectivity index (χ1) is 21.5. The Morgan fingerprint density at radius 3 is 2.67 bits per heavy atom. The number of fused-ring (bicyclic) bond motifs is 5. The number of aromatic nitrogens is 1. The van der Waals surface area contributed by atoms with Gasteiger partial charge >= 0.3 is 5.97 Å². The second-order valence-electron chi connectivity index (χ2n) is 15.0. The maximum absolute atomic E-state index is 12.7. The molecular formula is C35H48N2O8. The average molecular weight is 625 g/mol. The van der Waals surface area contributed by atoms with Crippen molar-refractivity contribution in [1.82, 2.24) is 4.98 Å². The predicted octanol–water partition coefficient (Wildman–Crippen LogP) is 3.25. The van der Waals surface area contributed by atoms with Crippen LogP contribution in [0.4, 0.5) is 0 Å². The zero-order valence-electron chi connectivity index (χ0n) is 26.4. The van der Waals surface area contributed by atoms with Gasteiger partial charge in [0, 0.05) is 48.4 Å². The molecule has 0 aromatic carbocycles. The molecule has 4 N–H and O–H groups in total. The highest BCUT2D eigenvalue weighted by Crippen LogP contribution is 2.70. The number of pyridine rings is 1. The molecule has 6 aliphatic rings. The minimum absolute atomic E-state index is 0.0124. The van der Waals surface area contributed by atoms with Crippen LogP contribution in [0.15, 0.2) is 41.2 Å². The largest absolute Gasteiger partial charge is 0.458 e. The molecule has 0 amide bonds. The van der Waals surface area contributed by atoms with Gasteiger partial charge in [-0.2, -0.15) is 0 Å². The lowest BCUT2D eigenvalue weighted by atomic mass is 9.41. The Morgan fingerprint density at radius 2 is 1.93 bits per heavy atom. The fourth-order valence-corrected chi connectivity index (χ4v) is 10.6. The molecule has 10 heteroatoms. The Bertz CT molecular complexity index is 1330. The van der Waals surface area contributed by atoms with Crippen molar-refractivity contribution in [3.63, 3.8) is 0 Å². The summed E-state index contributed by atoms with van der Waals surface area (Å²) in [7, 11) is 0. The van der Waals surface area contributed by atoms with Crippen molar-refractivity contribution in [1.29, 1.82) is 0 Å². The minimum Gasteiger partial charge on any atom is -0.458 e. The summed E-state index contributed by atoms with van der Waals surface area (Å²) in [4.78, 5) is 21.2. The van der Waals surface area contributed by atoms with E-state index >= 15 is 0 Å². The van der Waals surface area contributed by atoms with Crippen molar-refractivity contribution in [2.24, 2.45) is 33.6 Å². The summed E-state index contributed by atoms with van der Waals surface area (Å²) in [6.07, 6.45) is 10.2. The van der Waals surface area contributed by atoms with Gasteiger partial charge in [0.05, 0.1) is 36.1 Å². The topological polar surface area (TPSA) is 151 Å². The molecule has 45 heavy (non-hydrogen) atoms. The van der Waals surface area contributed by atoms with Crippen LogP contribution < -0.4 is 0 Å². The SMILES string of the molecule is C[C@H]1O[C@@H](O[C@H]2CC[C@]3(C=NCc4cccnc4)[C@@H]4CC[C@]5(C)[C@H](C6=CC(=O)OC6)CC[C@]5(O)[C@H]4CC[C@@]3(O)C2)C[C@H](O)[C@H]1O. The van der Waals surface area contributed by atoms with Crippen LogP contribution in [0, 0.1) is 28.6 Å². The van der Waals surface area contributed by atoms with Crippen molar-refractivity contribution in [3.8, 4) is 0 Å². The van der Waals surface area contributed by atoms with Gasteiger partial charge in [-0.3, -0.25) is 9.98 Å². The molecule has 1 aromatic rings. The van der Waals surface area contributed by atoms with E-state index in [9.17, 15) is 25.2 Å². The predicted molar refractivity (Wildman–Crippen MR) is 164 cm³/mol. The Balaban J connectivity index is 1.17. The summed E-state index contributed by atoms with van der Waals surface area (Å²) in [6.45, 7) is 4.71. The van der Waals surface area contributed by atoms with Crippen molar-refractivity contribution in [3.05, 3.63) is 41.7 Å². The number of rotatable bonds is 6. The molecule has 4 aliphatic carbocycles. The van der Waals surface area contributed by atoms with E-state index in [0.717, 1.165) is 30.4 Å². The molecule has 1 aromatic heterocycles. The van der Waals surface area contributed by atoms with Crippen LogP contribution in [0.25, 0.3) is 0 Å². The second kappa shape index (κ2) is 11.5. The third-order valence-electron chi connectivity index (χ3n) is 13.0. The fraction of sp³-hybridized carbons (Fsp3) is 0.743. The molecule has 7 rings (SSSR count). The maximum Gasteiger partial charge on any atom is 0.331 e. The van der Waals surface area contributed by atoms with E-state index in [1.54, 1.807) is 19.2 Å². The van der Waals surface area contributed by atoms with Gasteiger partial charge in [-0.05, 0) is 93.2 Å². The molecule has 10 nitrogen and oxygen atoms in total. The van der Waals surface area contributed by atoms with Gasteiger partial charge in [0.15, 0.2) is 6.29 Å². The van der Waals surface area contributed by atoms with Crippen molar-refractivity contribution >= 4 is 12.2 Å². The summed E-state index contributed by atoms with van der Waals surface area (Å²) < 4.78 is 17.5. The Morgan fingerprint density at radius 1 is 1.11 bits per heavy atom. The maximum atomic E-state index is 12.7. The zero-order chi connectivity index (χ0) is 31.6. The highest BCUT2D eigenvalue weighted by Gasteiger charge is 2.71. The standard InChI is InChI=1S/C35H48N2O8/c1-21-31(40)28(38)15-30(44-21)45-24-5-10-33(20-37-18-22-4-3-13-36-17-22)26-6-9-32(2)25(23-14-29(39)43-19-23)8-12-35(32,42)27(26)7-11-34(33,41)16-24/h3-4,13-14,17,20-21,24-28,30-31,38,40-42H,5-12,15-16,18-19H2,1-2H3/t21-,24+,25+,26-,27+,28+,30+,31+,32-,33+,34-,35+/m1/s1. The van der Waals surface area contributed by atoms with Crippen LogP contribution in [0.3, 0.4) is 0 Å². The first-order valence-corrected chi connectivity index (χ1v) is 16.9. The van der Waals surface area contributed by atoms with Gasteiger partial charge in [0.1, 0.15) is 12.7 Å². The third kappa shape index (κ3) is 5.02. The van der Waals surface area contributed by atoms with Gasteiger partial charge in [-0.25, -0.2) is 4.79 Å². The zero-order valence-corrected chi connectivity index (χ0v) is 26.4. The first kappa shape index (κ1) is 31.4. The molecule has 0 bridgehead atoms. The lowest BCUT2D eigenvalue weighted by Gasteiger charge is -2.66. The van der Waals surface area contributed by atoms with Crippen molar-refractivity contribution < 1.29 is 39.4 Å². The van der Waals surface area contributed by atoms with E-state index < -0.39 is 41.2 Å². The Hall–Kier alpha value is -2.21. The molecule has 3 heterocycles. The van der Waals surface area contributed by atoms with Crippen LogP contribution in [-0.2, 0) is 25.5 Å². The summed E-state index contributed by atoms with van der Waals surface area (Å²) in [5.41, 5.74) is -1.03. The molecule has 1 saturated heterocycles. The summed E-state index contributed by atoms with van der Waals surface area (Å²) in [5.74, 6) is -0.171. The lowest BCUT2D eigenvalue weighted by molar-refractivity contribution is -0.282. The van der Waals surface area contributed by atoms with Gasteiger partial charge in [-0.1, -0.05) is 13.0 Å². The van der Waals surface area contributed by atoms with E-state index in [-0.39, 0.29) is 41.7 Å². The van der Waals surface area contributed by atoms with Crippen molar-refractivity contribution in [2.75, 3.05) is 6.61 Å². The summed E-state index contributed by atoms with van der Waals surface area (Å²) >= 11 is 0. The van der Waals surface area contributed by atoms with E-state index in [0.29, 0.717) is 51.7 Å². The molecule has 246 valence electrons. The van der Waals surface area contributed by atoms with E-state index in [1.807, 2.05) is 24.5 Å². The molecule has 12 atom stereocenters. The highest BCUT2D eigenvalue weighted by atomic mass is 16.7. The smallest absolute Gasteiger partial charge is 0.331 e. The Labute approximate surface area is 264 Å². The number of hydrogen-bond acceptors (Lipinski definition) is 10. The molecule has 5 fully saturated rings. The van der Waals surface area contributed by atoms with E-state index in [1.165, 1.54) is 0 Å². The van der Waals surface area contributed by atoms with E-state index in [2.05, 4.69) is 11.9 Å². The first-order valence-electron chi connectivity index (χ1n) is 16.9.